The number of rotatable bonds is 3. The molecule has 0 bridgehead atoms. The summed E-state index contributed by atoms with van der Waals surface area (Å²) in [6, 6.07) is 4.31. The van der Waals surface area contributed by atoms with E-state index in [1.54, 1.807) is 11.0 Å². The Kier molecular flexibility index (Phi) is 6.23. The number of carbonyl (C=O) groups excluding carboxylic acids is 1. The minimum atomic E-state index is -0.542. The lowest BCUT2D eigenvalue weighted by Gasteiger charge is -2.32. The van der Waals surface area contributed by atoms with Crippen LogP contribution < -0.4 is 10.5 Å². The average molecular weight is 303 g/mol. The van der Waals surface area contributed by atoms with Crippen molar-refractivity contribution in [3.63, 3.8) is 0 Å². The molecule has 1 saturated heterocycles. The standard InChI is InChI=1S/C14H19FN2O2.ClH/c1-19-11-4-5-12(13(15)7-11)14(18)17-6-2-3-10(8-16)9-17;/h4-5,7,10H,2-3,6,8-9,16H2,1H3;1H. The van der Waals surface area contributed by atoms with E-state index in [-0.39, 0.29) is 23.9 Å². The van der Waals surface area contributed by atoms with Crippen molar-refractivity contribution in [2.75, 3.05) is 26.7 Å². The lowest BCUT2D eigenvalue weighted by Crippen LogP contribution is -2.42. The maximum Gasteiger partial charge on any atom is 0.256 e. The predicted molar refractivity (Wildman–Crippen MR) is 77.9 cm³/mol. The summed E-state index contributed by atoms with van der Waals surface area (Å²) in [5.41, 5.74) is 5.74. The molecule has 1 aromatic carbocycles. The van der Waals surface area contributed by atoms with Gasteiger partial charge < -0.3 is 15.4 Å². The molecule has 1 heterocycles. The molecule has 0 radical (unpaired) electrons. The quantitative estimate of drug-likeness (QED) is 0.930. The maximum absolute atomic E-state index is 13.9. The highest BCUT2D eigenvalue weighted by molar-refractivity contribution is 5.94. The van der Waals surface area contributed by atoms with Crippen LogP contribution in [0.1, 0.15) is 23.2 Å². The first-order valence-corrected chi connectivity index (χ1v) is 6.48. The number of methoxy groups -OCH3 is 1. The Morgan fingerprint density at radius 2 is 2.30 bits per heavy atom. The molecule has 4 nitrogen and oxygen atoms in total. The molecule has 2 N–H and O–H groups in total. The highest BCUT2D eigenvalue weighted by atomic mass is 35.5. The summed E-state index contributed by atoms with van der Waals surface area (Å²) in [5, 5.41) is 0. The van der Waals surface area contributed by atoms with E-state index in [9.17, 15) is 9.18 Å². The van der Waals surface area contributed by atoms with Crippen LogP contribution in [-0.2, 0) is 0 Å². The Labute approximate surface area is 124 Å². The molecule has 112 valence electrons. The molecule has 1 unspecified atom stereocenters. The monoisotopic (exact) mass is 302 g/mol. The Balaban J connectivity index is 0.00000200. The van der Waals surface area contributed by atoms with Crippen molar-refractivity contribution in [3.8, 4) is 5.75 Å². The third kappa shape index (κ3) is 3.61. The van der Waals surface area contributed by atoms with E-state index in [0.29, 0.717) is 31.3 Å². The number of nitrogens with zero attached hydrogens (tertiary/aromatic N) is 1. The van der Waals surface area contributed by atoms with Crippen molar-refractivity contribution < 1.29 is 13.9 Å². The van der Waals surface area contributed by atoms with E-state index < -0.39 is 5.82 Å². The van der Waals surface area contributed by atoms with Gasteiger partial charge in [0, 0.05) is 19.2 Å². The first-order chi connectivity index (χ1) is 9.15. The number of likely N-dealkylation sites (tertiary alicyclic amines) is 1. The second kappa shape index (κ2) is 7.45. The number of nitrogens with two attached hydrogens (primary N) is 1. The van der Waals surface area contributed by atoms with Gasteiger partial charge in [-0.15, -0.1) is 12.4 Å². The lowest BCUT2D eigenvalue weighted by atomic mass is 9.97. The van der Waals surface area contributed by atoms with Gasteiger partial charge in [-0.25, -0.2) is 4.39 Å². The van der Waals surface area contributed by atoms with Gasteiger partial charge in [0.15, 0.2) is 0 Å². The molecular weight excluding hydrogens is 283 g/mol. The second-order valence-corrected chi connectivity index (χ2v) is 4.84. The van der Waals surface area contributed by atoms with Crippen molar-refractivity contribution in [2.24, 2.45) is 11.7 Å². The van der Waals surface area contributed by atoms with E-state index in [1.165, 1.54) is 19.2 Å². The highest BCUT2D eigenvalue weighted by Gasteiger charge is 2.25. The summed E-state index contributed by atoms with van der Waals surface area (Å²) in [7, 11) is 1.47. The zero-order chi connectivity index (χ0) is 13.8. The normalized spacial score (nSPS) is 18.4. The van der Waals surface area contributed by atoms with Gasteiger partial charge >= 0.3 is 0 Å². The lowest BCUT2D eigenvalue weighted by molar-refractivity contribution is 0.0673. The maximum atomic E-state index is 13.9. The third-order valence-corrected chi connectivity index (χ3v) is 3.55. The van der Waals surface area contributed by atoms with E-state index in [1.807, 2.05) is 0 Å². The van der Waals surface area contributed by atoms with Crippen LogP contribution in [0.4, 0.5) is 4.39 Å². The minimum Gasteiger partial charge on any atom is -0.497 e. The Morgan fingerprint density at radius 3 is 2.90 bits per heavy atom. The Morgan fingerprint density at radius 1 is 1.55 bits per heavy atom. The van der Waals surface area contributed by atoms with E-state index in [2.05, 4.69) is 0 Å². The summed E-state index contributed by atoms with van der Waals surface area (Å²) in [5.74, 6) is -0.0796. The van der Waals surface area contributed by atoms with E-state index in [4.69, 9.17) is 10.5 Å². The number of amides is 1. The molecule has 1 aromatic rings. The molecule has 0 aliphatic carbocycles. The van der Waals surface area contributed by atoms with E-state index >= 15 is 0 Å². The van der Waals surface area contributed by atoms with Crippen molar-refractivity contribution in [3.05, 3.63) is 29.6 Å². The highest BCUT2D eigenvalue weighted by Crippen LogP contribution is 2.21. The summed E-state index contributed by atoms with van der Waals surface area (Å²) in [6.45, 7) is 1.84. The van der Waals surface area contributed by atoms with Gasteiger partial charge in [0.05, 0.1) is 12.7 Å². The van der Waals surface area contributed by atoms with E-state index in [0.717, 1.165) is 12.8 Å². The molecule has 0 spiro atoms. The molecule has 0 aromatic heterocycles. The average Bonchev–Trinajstić information content (AvgIpc) is 2.46. The first kappa shape index (κ1) is 16.7. The fourth-order valence-corrected chi connectivity index (χ4v) is 2.41. The smallest absolute Gasteiger partial charge is 0.256 e. The SMILES string of the molecule is COc1ccc(C(=O)N2CCCC(CN)C2)c(F)c1.Cl. The molecule has 1 amide bonds. The topological polar surface area (TPSA) is 55.6 Å². The number of benzene rings is 1. The number of ether oxygens (including phenoxy) is 1. The van der Waals surface area contributed by atoms with Crippen LogP contribution >= 0.6 is 12.4 Å². The van der Waals surface area contributed by atoms with Gasteiger partial charge in [-0.05, 0) is 37.4 Å². The van der Waals surface area contributed by atoms with Crippen LogP contribution in [0.15, 0.2) is 18.2 Å². The van der Waals surface area contributed by atoms with Gasteiger partial charge in [0.25, 0.3) is 5.91 Å². The van der Waals surface area contributed by atoms with Crippen LogP contribution in [0.5, 0.6) is 5.75 Å². The van der Waals surface area contributed by atoms with Gasteiger partial charge in [-0.3, -0.25) is 4.79 Å². The summed E-state index contributed by atoms with van der Waals surface area (Å²) in [4.78, 5) is 14.0. The molecule has 1 aliphatic rings. The first-order valence-electron chi connectivity index (χ1n) is 6.48. The third-order valence-electron chi connectivity index (χ3n) is 3.55. The number of hydrogen-bond donors (Lipinski definition) is 1. The zero-order valence-corrected chi connectivity index (χ0v) is 12.3. The van der Waals surface area contributed by atoms with Crippen molar-refractivity contribution in [1.82, 2.24) is 4.90 Å². The molecule has 1 aliphatic heterocycles. The summed E-state index contributed by atoms with van der Waals surface area (Å²) >= 11 is 0. The molecular formula is C14H20ClFN2O2. The van der Waals surface area contributed by atoms with Crippen LogP contribution in [0.3, 0.4) is 0 Å². The van der Waals surface area contributed by atoms with Gasteiger partial charge in [-0.2, -0.15) is 0 Å². The fraction of sp³-hybridized carbons (Fsp3) is 0.500. The molecule has 0 saturated carbocycles. The zero-order valence-electron chi connectivity index (χ0n) is 11.5. The molecule has 1 atom stereocenters. The molecule has 1 fully saturated rings. The van der Waals surface area contributed by atoms with Gasteiger partial charge in [0.2, 0.25) is 0 Å². The fourth-order valence-electron chi connectivity index (χ4n) is 2.41. The number of carbonyl (C=O) groups is 1. The second-order valence-electron chi connectivity index (χ2n) is 4.84. The molecule has 2 rings (SSSR count). The van der Waals surface area contributed by atoms with Crippen LogP contribution in [0.25, 0.3) is 0 Å². The van der Waals surface area contributed by atoms with Crippen molar-refractivity contribution in [1.29, 1.82) is 0 Å². The van der Waals surface area contributed by atoms with Crippen LogP contribution in [0, 0.1) is 11.7 Å². The number of hydrogen-bond acceptors (Lipinski definition) is 3. The van der Waals surface area contributed by atoms with Crippen molar-refractivity contribution >= 4 is 18.3 Å². The molecule has 6 heteroatoms. The van der Waals surface area contributed by atoms with Gasteiger partial charge in [-0.1, -0.05) is 0 Å². The minimum absolute atomic E-state index is 0. The Hall–Kier alpha value is -1.33. The van der Waals surface area contributed by atoms with Crippen LogP contribution in [-0.4, -0.2) is 37.6 Å². The van der Waals surface area contributed by atoms with Crippen molar-refractivity contribution in [2.45, 2.75) is 12.8 Å². The summed E-state index contributed by atoms with van der Waals surface area (Å²) < 4.78 is 18.8. The predicted octanol–water partition coefficient (Wildman–Crippen LogP) is 2.07. The molecule has 20 heavy (non-hydrogen) atoms. The Bertz CT molecular complexity index is 470. The summed E-state index contributed by atoms with van der Waals surface area (Å²) in [6.07, 6.45) is 1.96. The number of halogens is 2. The van der Waals surface area contributed by atoms with Gasteiger partial charge in [0.1, 0.15) is 11.6 Å². The largest absolute Gasteiger partial charge is 0.497 e. The van der Waals surface area contributed by atoms with Crippen LogP contribution in [0.2, 0.25) is 0 Å². The number of piperidine rings is 1.